The third-order valence-corrected chi connectivity index (χ3v) is 5.85. The van der Waals surface area contributed by atoms with E-state index in [1.807, 2.05) is 42.5 Å². The number of rotatable bonds is 5. The Morgan fingerprint density at radius 3 is 2.89 bits per heavy atom. The highest BCUT2D eigenvalue weighted by atomic mass is 35.5. The van der Waals surface area contributed by atoms with E-state index in [9.17, 15) is 4.79 Å². The number of hydrogen-bond acceptors (Lipinski definition) is 4. The molecule has 0 radical (unpaired) electrons. The molecule has 4 rings (SSSR count). The van der Waals surface area contributed by atoms with E-state index >= 15 is 0 Å². The van der Waals surface area contributed by atoms with Crippen molar-refractivity contribution in [3.05, 3.63) is 63.4 Å². The number of fused-ring (bicyclic) bond motifs is 1. The number of thiazole rings is 1. The van der Waals surface area contributed by atoms with Gasteiger partial charge >= 0.3 is 0 Å². The summed E-state index contributed by atoms with van der Waals surface area (Å²) in [6, 6.07) is 13.5. The topological polar surface area (TPSA) is 42.4 Å². The Hall–Kier alpha value is -2.37. The second kappa shape index (κ2) is 7.94. The molecule has 0 saturated carbocycles. The van der Waals surface area contributed by atoms with E-state index in [4.69, 9.17) is 21.3 Å². The molecule has 2 aromatic carbocycles. The van der Waals surface area contributed by atoms with E-state index in [0.717, 1.165) is 40.4 Å². The fourth-order valence-electron chi connectivity index (χ4n) is 3.32. The van der Waals surface area contributed by atoms with Gasteiger partial charge in [0.1, 0.15) is 5.75 Å². The van der Waals surface area contributed by atoms with Crippen molar-refractivity contribution in [2.24, 2.45) is 0 Å². The van der Waals surface area contributed by atoms with Gasteiger partial charge in [-0.3, -0.25) is 4.79 Å². The van der Waals surface area contributed by atoms with E-state index in [-0.39, 0.29) is 5.91 Å². The number of halogens is 1. The Morgan fingerprint density at radius 2 is 2.11 bits per heavy atom. The molecular formula is C22H21ClN2O2S. The lowest BCUT2D eigenvalue weighted by Gasteiger charge is -2.33. The quantitative estimate of drug-likeness (QED) is 0.537. The highest BCUT2D eigenvalue weighted by molar-refractivity contribution is 7.09. The summed E-state index contributed by atoms with van der Waals surface area (Å²) in [5.41, 5.74) is 3.67. The minimum absolute atomic E-state index is 0.0606. The number of nitrogens with zero attached hydrogens (tertiary/aromatic N) is 2. The summed E-state index contributed by atoms with van der Waals surface area (Å²) >= 11 is 7.80. The van der Waals surface area contributed by atoms with E-state index < -0.39 is 6.10 Å². The summed E-state index contributed by atoms with van der Waals surface area (Å²) in [5, 5.41) is 3.86. The molecule has 0 bridgehead atoms. The second-order valence-corrected chi connectivity index (χ2v) is 8.25. The van der Waals surface area contributed by atoms with Crippen molar-refractivity contribution in [3.8, 4) is 17.0 Å². The lowest BCUT2D eigenvalue weighted by Crippen LogP contribution is -2.44. The fraction of sp³-hybridized carbons (Fsp3) is 0.273. The molecule has 1 amide bonds. The van der Waals surface area contributed by atoms with Crippen LogP contribution in [-0.2, 0) is 17.8 Å². The third kappa shape index (κ3) is 3.77. The van der Waals surface area contributed by atoms with Crippen molar-refractivity contribution in [3.63, 3.8) is 0 Å². The summed E-state index contributed by atoms with van der Waals surface area (Å²) in [5.74, 6) is 0.650. The number of aromatic nitrogens is 1. The molecule has 1 aromatic heterocycles. The van der Waals surface area contributed by atoms with E-state index in [2.05, 4.69) is 12.3 Å². The monoisotopic (exact) mass is 412 g/mol. The van der Waals surface area contributed by atoms with Gasteiger partial charge in [0.15, 0.2) is 6.10 Å². The van der Waals surface area contributed by atoms with Crippen LogP contribution in [-0.4, -0.2) is 17.0 Å². The predicted octanol–water partition coefficient (Wildman–Crippen LogP) is 5.73. The highest BCUT2D eigenvalue weighted by Crippen LogP contribution is 2.38. The summed E-state index contributed by atoms with van der Waals surface area (Å²) in [4.78, 5) is 19.4. The standard InChI is InChI=1S/C22H21ClN2O2S/c1-3-5-21-24-18(13-28-21)16-8-9-20-19(11-16)25(22(26)14(2)27-20)12-15-6-4-7-17(23)10-15/h4,6-11,13-14H,3,5,12H2,1-2H3. The van der Waals surface area contributed by atoms with Gasteiger partial charge in [0.2, 0.25) is 0 Å². The highest BCUT2D eigenvalue weighted by Gasteiger charge is 2.32. The second-order valence-electron chi connectivity index (χ2n) is 6.87. The van der Waals surface area contributed by atoms with Gasteiger partial charge < -0.3 is 9.64 Å². The summed E-state index contributed by atoms with van der Waals surface area (Å²) in [7, 11) is 0. The van der Waals surface area contributed by atoms with Crippen molar-refractivity contribution < 1.29 is 9.53 Å². The van der Waals surface area contributed by atoms with Gasteiger partial charge in [-0.25, -0.2) is 4.98 Å². The average molecular weight is 413 g/mol. The normalized spacial score (nSPS) is 16.0. The van der Waals surface area contributed by atoms with Crippen LogP contribution in [0.2, 0.25) is 5.02 Å². The molecule has 144 valence electrons. The first-order valence-corrected chi connectivity index (χ1v) is 10.6. The molecule has 0 saturated heterocycles. The molecule has 1 atom stereocenters. The number of hydrogen-bond donors (Lipinski definition) is 0. The Balaban J connectivity index is 1.71. The molecule has 0 fully saturated rings. The zero-order chi connectivity index (χ0) is 19.7. The van der Waals surface area contributed by atoms with E-state index in [1.165, 1.54) is 0 Å². The number of aryl methyl sites for hydroxylation is 1. The van der Waals surface area contributed by atoms with Crippen LogP contribution >= 0.6 is 22.9 Å². The molecular weight excluding hydrogens is 392 g/mol. The van der Waals surface area contributed by atoms with Crippen LogP contribution < -0.4 is 9.64 Å². The predicted molar refractivity (Wildman–Crippen MR) is 114 cm³/mol. The number of ether oxygens (including phenoxy) is 1. The van der Waals surface area contributed by atoms with Gasteiger partial charge in [-0.05, 0) is 55.7 Å². The number of amides is 1. The number of benzene rings is 2. The van der Waals surface area contributed by atoms with Crippen molar-refractivity contribution in [2.45, 2.75) is 39.3 Å². The minimum Gasteiger partial charge on any atom is -0.479 e. The molecule has 4 nitrogen and oxygen atoms in total. The lowest BCUT2D eigenvalue weighted by molar-refractivity contribution is -0.125. The van der Waals surface area contributed by atoms with Crippen molar-refractivity contribution >= 4 is 34.5 Å². The van der Waals surface area contributed by atoms with Crippen LogP contribution in [0, 0.1) is 0 Å². The van der Waals surface area contributed by atoms with Gasteiger partial charge in [0.25, 0.3) is 5.91 Å². The maximum Gasteiger partial charge on any atom is 0.268 e. The van der Waals surface area contributed by atoms with Gasteiger partial charge in [-0.1, -0.05) is 30.7 Å². The molecule has 3 aromatic rings. The van der Waals surface area contributed by atoms with Crippen LogP contribution in [0.15, 0.2) is 47.8 Å². The molecule has 0 aliphatic carbocycles. The lowest BCUT2D eigenvalue weighted by atomic mass is 10.1. The van der Waals surface area contributed by atoms with Crippen LogP contribution in [0.1, 0.15) is 30.8 Å². The summed E-state index contributed by atoms with van der Waals surface area (Å²) < 4.78 is 5.84. The zero-order valence-corrected chi connectivity index (χ0v) is 17.4. The van der Waals surface area contributed by atoms with E-state index in [1.54, 1.807) is 23.2 Å². The van der Waals surface area contributed by atoms with Crippen molar-refractivity contribution in [2.75, 3.05) is 4.90 Å². The van der Waals surface area contributed by atoms with Gasteiger partial charge in [-0.15, -0.1) is 11.3 Å². The Bertz CT molecular complexity index is 1020. The van der Waals surface area contributed by atoms with Gasteiger partial charge in [0.05, 0.1) is 22.9 Å². The van der Waals surface area contributed by atoms with Crippen LogP contribution in [0.5, 0.6) is 5.75 Å². The first kappa shape index (κ1) is 19.0. The minimum atomic E-state index is -0.520. The number of carbonyl (C=O) groups is 1. The maximum atomic E-state index is 12.9. The largest absolute Gasteiger partial charge is 0.479 e. The maximum absolute atomic E-state index is 12.9. The molecule has 1 aliphatic heterocycles. The SMILES string of the molecule is CCCc1nc(-c2ccc3c(c2)N(Cc2cccc(Cl)c2)C(=O)C(C)O3)cs1. The number of carbonyl (C=O) groups excluding carboxylic acids is 1. The van der Waals surface area contributed by atoms with Crippen LogP contribution in [0.4, 0.5) is 5.69 Å². The first-order valence-electron chi connectivity index (χ1n) is 9.36. The first-order chi connectivity index (χ1) is 13.5. The van der Waals surface area contributed by atoms with Crippen LogP contribution in [0.3, 0.4) is 0 Å². The molecule has 0 spiro atoms. The smallest absolute Gasteiger partial charge is 0.268 e. The Morgan fingerprint density at radius 1 is 1.25 bits per heavy atom. The molecule has 1 unspecified atom stereocenters. The van der Waals surface area contributed by atoms with Crippen molar-refractivity contribution in [1.82, 2.24) is 4.98 Å². The van der Waals surface area contributed by atoms with Crippen molar-refractivity contribution in [1.29, 1.82) is 0 Å². The van der Waals surface area contributed by atoms with Gasteiger partial charge in [-0.2, -0.15) is 0 Å². The fourth-order valence-corrected chi connectivity index (χ4v) is 4.44. The van der Waals surface area contributed by atoms with Crippen LogP contribution in [0.25, 0.3) is 11.3 Å². The molecule has 28 heavy (non-hydrogen) atoms. The molecule has 1 aliphatic rings. The number of anilines is 1. The third-order valence-electron chi connectivity index (χ3n) is 4.71. The molecule has 2 heterocycles. The summed E-state index contributed by atoms with van der Waals surface area (Å²) in [6.45, 7) is 4.38. The van der Waals surface area contributed by atoms with E-state index in [0.29, 0.717) is 17.3 Å². The Kier molecular flexibility index (Phi) is 5.38. The zero-order valence-electron chi connectivity index (χ0n) is 15.8. The van der Waals surface area contributed by atoms with Gasteiger partial charge in [0, 0.05) is 16.0 Å². The average Bonchev–Trinajstić information content (AvgIpc) is 3.14. The molecule has 6 heteroatoms. The molecule has 0 N–H and O–H groups in total. The summed E-state index contributed by atoms with van der Waals surface area (Å²) in [6.07, 6.45) is 1.54. The Labute approximate surface area is 173 Å².